The van der Waals surface area contributed by atoms with Gasteiger partial charge in [-0.1, -0.05) is 18.2 Å². The van der Waals surface area contributed by atoms with Crippen LogP contribution in [0.5, 0.6) is 0 Å². The van der Waals surface area contributed by atoms with Gasteiger partial charge in [0.15, 0.2) is 0 Å². The van der Waals surface area contributed by atoms with E-state index < -0.39 is 30.5 Å². The zero-order valence-corrected chi connectivity index (χ0v) is 14.7. The lowest BCUT2D eigenvalue weighted by molar-refractivity contribution is -0.160. The van der Waals surface area contributed by atoms with Crippen molar-refractivity contribution in [1.29, 1.82) is 0 Å². The highest BCUT2D eigenvalue weighted by molar-refractivity contribution is 6.04. The quantitative estimate of drug-likeness (QED) is 0.738. The molecule has 0 heterocycles. The fourth-order valence-electron chi connectivity index (χ4n) is 2.31. The predicted octanol–water partition coefficient (Wildman–Crippen LogP) is 3.16. The first-order valence-corrected chi connectivity index (χ1v) is 8.11. The summed E-state index contributed by atoms with van der Waals surface area (Å²) in [6, 6.07) is 12.1. The second-order valence-corrected chi connectivity index (χ2v) is 5.77. The van der Waals surface area contributed by atoms with Crippen LogP contribution in [0.1, 0.15) is 27.1 Å². The number of ether oxygens (including phenoxy) is 1. The number of methoxy groups -OCH3 is 1. The summed E-state index contributed by atoms with van der Waals surface area (Å²) in [5.41, 5.74) is 0.858. The normalized spacial score (nSPS) is 12.0. The highest BCUT2D eigenvalue weighted by Crippen LogP contribution is 2.22. The predicted molar refractivity (Wildman–Crippen MR) is 94.8 cm³/mol. The van der Waals surface area contributed by atoms with Gasteiger partial charge in [0, 0.05) is 16.8 Å². The number of hydrogen-bond acceptors (Lipinski definition) is 4. The minimum atomic E-state index is -4.66. The van der Waals surface area contributed by atoms with E-state index in [9.17, 15) is 27.6 Å². The fourth-order valence-corrected chi connectivity index (χ4v) is 2.31. The van der Waals surface area contributed by atoms with Crippen LogP contribution in [0.3, 0.4) is 0 Å². The molecule has 2 rings (SSSR count). The van der Waals surface area contributed by atoms with E-state index in [1.54, 1.807) is 30.3 Å². The third kappa shape index (κ3) is 6.11. The number of benzene rings is 2. The number of carbonyl (C=O) groups is 3. The standard InChI is InChI=1S/C19H17F3N2O4/c1-28-18(27)15(11-19(20,21)22)24-17(26)13-7-9-14(10-8-13)23-16(25)12-5-3-2-4-6-12/h2-10,15H,11H2,1H3,(H,23,25)(H,24,26)/t15-/m1/s1. The van der Waals surface area contributed by atoms with Gasteiger partial charge in [-0.05, 0) is 36.4 Å². The summed E-state index contributed by atoms with van der Waals surface area (Å²) in [6.07, 6.45) is -6.20. The van der Waals surface area contributed by atoms with Crippen LogP contribution < -0.4 is 10.6 Å². The van der Waals surface area contributed by atoms with E-state index in [1.807, 2.05) is 5.32 Å². The van der Waals surface area contributed by atoms with Crippen molar-refractivity contribution in [2.45, 2.75) is 18.6 Å². The van der Waals surface area contributed by atoms with Gasteiger partial charge in [0.25, 0.3) is 11.8 Å². The third-order valence-electron chi connectivity index (χ3n) is 3.67. The van der Waals surface area contributed by atoms with Gasteiger partial charge in [-0.25, -0.2) is 4.79 Å². The van der Waals surface area contributed by atoms with Crippen LogP contribution in [0.2, 0.25) is 0 Å². The zero-order chi connectivity index (χ0) is 20.7. The van der Waals surface area contributed by atoms with E-state index in [0.717, 1.165) is 7.11 Å². The van der Waals surface area contributed by atoms with Crippen LogP contribution >= 0.6 is 0 Å². The number of alkyl halides is 3. The van der Waals surface area contributed by atoms with Crippen LogP contribution in [-0.2, 0) is 9.53 Å². The lowest BCUT2D eigenvalue weighted by Crippen LogP contribution is -2.44. The van der Waals surface area contributed by atoms with Crippen molar-refractivity contribution in [3.05, 3.63) is 65.7 Å². The molecule has 6 nitrogen and oxygen atoms in total. The van der Waals surface area contributed by atoms with E-state index in [4.69, 9.17) is 0 Å². The lowest BCUT2D eigenvalue weighted by atomic mass is 10.1. The van der Waals surface area contributed by atoms with Crippen molar-refractivity contribution in [3.63, 3.8) is 0 Å². The molecule has 0 aliphatic heterocycles. The molecule has 2 aromatic rings. The van der Waals surface area contributed by atoms with E-state index in [-0.39, 0.29) is 11.5 Å². The first-order chi connectivity index (χ1) is 13.2. The molecule has 0 unspecified atom stereocenters. The van der Waals surface area contributed by atoms with Crippen molar-refractivity contribution >= 4 is 23.5 Å². The maximum atomic E-state index is 12.6. The number of amides is 2. The Hall–Kier alpha value is -3.36. The maximum absolute atomic E-state index is 12.6. The minimum Gasteiger partial charge on any atom is -0.467 e. The van der Waals surface area contributed by atoms with Gasteiger partial charge in [0.05, 0.1) is 13.5 Å². The highest BCUT2D eigenvalue weighted by atomic mass is 19.4. The number of halogens is 3. The Labute approximate surface area is 158 Å². The van der Waals surface area contributed by atoms with E-state index >= 15 is 0 Å². The Balaban J connectivity index is 2.04. The Bertz CT molecular complexity index is 837. The van der Waals surface area contributed by atoms with E-state index in [0.29, 0.717) is 11.3 Å². The highest BCUT2D eigenvalue weighted by Gasteiger charge is 2.37. The number of anilines is 1. The molecule has 0 saturated carbocycles. The molecule has 0 spiro atoms. The molecule has 2 N–H and O–H groups in total. The van der Waals surface area contributed by atoms with E-state index in [2.05, 4.69) is 10.1 Å². The lowest BCUT2D eigenvalue weighted by Gasteiger charge is -2.18. The molecule has 0 saturated heterocycles. The van der Waals surface area contributed by atoms with Gasteiger partial charge in [0.1, 0.15) is 6.04 Å². The van der Waals surface area contributed by atoms with Crippen LogP contribution in [0.25, 0.3) is 0 Å². The molecule has 2 amide bonds. The molecule has 28 heavy (non-hydrogen) atoms. The Morgan fingerprint density at radius 1 is 0.929 bits per heavy atom. The molecule has 0 radical (unpaired) electrons. The van der Waals surface area contributed by atoms with Crippen molar-refractivity contribution in [2.24, 2.45) is 0 Å². The van der Waals surface area contributed by atoms with Crippen LogP contribution in [0.4, 0.5) is 18.9 Å². The van der Waals surface area contributed by atoms with Crippen LogP contribution in [-0.4, -0.2) is 37.1 Å². The summed E-state index contributed by atoms with van der Waals surface area (Å²) in [5.74, 6) is -2.42. The Morgan fingerprint density at radius 3 is 2.04 bits per heavy atom. The first-order valence-electron chi connectivity index (χ1n) is 8.11. The average molecular weight is 394 g/mol. The first kappa shape index (κ1) is 20.9. The number of esters is 1. The van der Waals surface area contributed by atoms with E-state index in [1.165, 1.54) is 24.3 Å². The molecule has 0 aliphatic carbocycles. The van der Waals surface area contributed by atoms with Gasteiger partial charge >= 0.3 is 12.1 Å². The summed E-state index contributed by atoms with van der Waals surface area (Å²) in [7, 11) is 0.933. The van der Waals surface area contributed by atoms with Gasteiger partial charge in [-0.3, -0.25) is 9.59 Å². The van der Waals surface area contributed by atoms with Crippen molar-refractivity contribution < 1.29 is 32.3 Å². The van der Waals surface area contributed by atoms with Crippen LogP contribution in [0.15, 0.2) is 54.6 Å². The monoisotopic (exact) mass is 394 g/mol. The smallest absolute Gasteiger partial charge is 0.391 e. The van der Waals surface area contributed by atoms with Gasteiger partial charge < -0.3 is 15.4 Å². The molecule has 9 heteroatoms. The topological polar surface area (TPSA) is 84.5 Å². The second kappa shape index (κ2) is 9.03. The zero-order valence-electron chi connectivity index (χ0n) is 14.7. The number of carbonyl (C=O) groups excluding carboxylic acids is 3. The molecule has 0 bridgehead atoms. The summed E-state index contributed by atoms with van der Waals surface area (Å²) >= 11 is 0. The molecule has 0 aromatic heterocycles. The van der Waals surface area contributed by atoms with Crippen molar-refractivity contribution in [1.82, 2.24) is 5.32 Å². The second-order valence-electron chi connectivity index (χ2n) is 5.77. The van der Waals surface area contributed by atoms with Crippen LogP contribution in [0, 0.1) is 0 Å². The molecule has 0 fully saturated rings. The summed E-state index contributed by atoms with van der Waals surface area (Å²) in [4.78, 5) is 35.7. The average Bonchev–Trinajstić information content (AvgIpc) is 2.67. The van der Waals surface area contributed by atoms with Gasteiger partial charge in [-0.15, -0.1) is 0 Å². The molecule has 1 atom stereocenters. The summed E-state index contributed by atoms with van der Waals surface area (Å²) in [5, 5.41) is 4.64. The van der Waals surface area contributed by atoms with Gasteiger partial charge in [0.2, 0.25) is 0 Å². The summed E-state index contributed by atoms with van der Waals surface area (Å²) < 4.78 is 42.0. The fraction of sp³-hybridized carbons (Fsp3) is 0.211. The van der Waals surface area contributed by atoms with Gasteiger partial charge in [-0.2, -0.15) is 13.2 Å². The SMILES string of the molecule is COC(=O)[C@@H](CC(F)(F)F)NC(=O)c1ccc(NC(=O)c2ccccc2)cc1. The number of rotatable bonds is 6. The van der Waals surface area contributed by atoms with Crippen molar-refractivity contribution in [2.75, 3.05) is 12.4 Å². The Morgan fingerprint density at radius 2 is 1.50 bits per heavy atom. The largest absolute Gasteiger partial charge is 0.467 e. The number of hydrogen-bond donors (Lipinski definition) is 2. The number of nitrogens with one attached hydrogen (secondary N) is 2. The molecular weight excluding hydrogens is 377 g/mol. The summed E-state index contributed by atoms with van der Waals surface area (Å²) in [6.45, 7) is 0. The van der Waals surface area contributed by atoms with Crippen molar-refractivity contribution in [3.8, 4) is 0 Å². The maximum Gasteiger partial charge on any atom is 0.391 e. The molecular formula is C19H17F3N2O4. The molecule has 2 aromatic carbocycles. The minimum absolute atomic E-state index is 0.0220. The Kier molecular flexibility index (Phi) is 6.75. The molecule has 148 valence electrons. The molecule has 0 aliphatic rings. The third-order valence-corrected chi connectivity index (χ3v) is 3.67.